The molecule has 6 heteroatoms. The minimum Gasteiger partial charge on any atom is -0.438 e. The predicted octanol–water partition coefficient (Wildman–Crippen LogP) is 7.65. The largest absolute Gasteiger partial charge is 0.438 e. The fourth-order valence-corrected chi connectivity index (χ4v) is 5.54. The highest BCUT2D eigenvalue weighted by atomic mass is 16.4. The van der Waals surface area contributed by atoms with Crippen molar-refractivity contribution < 1.29 is 4.42 Å². The number of benzene rings is 3. The molecule has 38 heavy (non-hydrogen) atoms. The third-order valence-electron chi connectivity index (χ3n) is 7.07. The second kappa shape index (κ2) is 10.0. The highest BCUT2D eigenvalue weighted by Gasteiger charge is 2.28. The average Bonchev–Trinajstić information content (AvgIpc) is 3.31. The number of fused-ring (bicyclic) bond motifs is 1. The Kier molecular flexibility index (Phi) is 6.27. The van der Waals surface area contributed by atoms with Gasteiger partial charge in [-0.2, -0.15) is 5.26 Å². The van der Waals surface area contributed by atoms with Crippen LogP contribution in [0.3, 0.4) is 0 Å². The normalized spacial score (nSPS) is 17.3. The molecule has 2 unspecified atom stereocenters. The molecule has 1 fully saturated rings. The van der Waals surface area contributed by atoms with E-state index in [2.05, 4.69) is 30.1 Å². The van der Waals surface area contributed by atoms with Crippen molar-refractivity contribution in [1.29, 1.82) is 5.26 Å². The van der Waals surface area contributed by atoms with Crippen LogP contribution in [0.1, 0.15) is 25.8 Å². The average molecular weight is 500 g/mol. The number of furan rings is 1. The Morgan fingerprint density at radius 2 is 1.39 bits per heavy atom. The molecule has 3 aromatic carbocycles. The fraction of sp³-hybridized carbons (Fsp3) is 0.219. The van der Waals surface area contributed by atoms with Crippen molar-refractivity contribution in [2.75, 3.05) is 23.3 Å². The number of para-hydroxylation sites is 2. The lowest BCUT2D eigenvalue weighted by atomic mass is 9.92. The first kappa shape index (κ1) is 23.7. The zero-order valence-corrected chi connectivity index (χ0v) is 21.6. The summed E-state index contributed by atoms with van der Waals surface area (Å²) in [5, 5.41) is 13.8. The van der Waals surface area contributed by atoms with Gasteiger partial charge in [-0.15, -0.1) is 0 Å². The van der Waals surface area contributed by atoms with Crippen LogP contribution in [0.4, 0.5) is 17.5 Å². The van der Waals surface area contributed by atoms with Crippen LogP contribution in [0.15, 0.2) is 89.3 Å². The van der Waals surface area contributed by atoms with Gasteiger partial charge in [0.2, 0.25) is 5.88 Å². The molecule has 1 N–H and O–H groups in total. The van der Waals surface area contributed by atoms with Gasteiger partial charge >= 0.3 is 0 Å². The van der Waals surface area contributed by atoms with Crippen LogP contribution in [0.5, 0.6) is 0 Å². The Labute approximate surface area is 222 Å². The SMILES string of the molecule is CC1CC(C)CN(c2nc3ccccc3nc2Nc2oc(-c3ccccc3)c(-c3ccccc3)c2C#N)C1. The minimum atomic E-state index is 0.370. The molecule has 2 aromatic heterocycles. The highest BCUT2D eigenvalue weighted by Crippen LogP contribution is 2.43. The van der Waals surface area contributed by atoms with Crippen LogP contribution in [0.25, 0.3) is 33.5 Å². The van der Waals surface area contributed by atoms with Crippen molar-refractivity contribution >= 4 is 28.6 Å². The Morgan fingerprint density at radius 1 is 0.816 bits per heavy atom. The lowest BCUT2D eigenvalue weighted by Gasteiger charge is -2.36. The van der Waals surface area contributed by atoms with E-state index in [-0.39, 0.29) is 0 Å². The summed E-state index contributed by atoms with van der Waals surface area (Å²) in [5.74, 6) is 3.49. The quantitative estimate of drug-likeness (QED) is 0.267. The second-order valence-corrected chi connectivity index (χ2v) is 10.2. The molecule has 1 aliphatic rings. The van der Waals surface area contributed by atoms with Crippen LogP contribution < -0.4 is 10.2 Å². The van der Waals surface area contributed by atoms with Gasteiger partial charge in [-0.1, -0.05) is 86.6 Å². The van der Waals surface area contributed by atoms with Gasteiger partial charge in [0.05, 0.1) is 11.0 Å². The summed E-state index contributed by atoms with van der Waals surface area (Å²) in [5.41, 5.74) is 4.65. The first-order valence-corrected chi connectivity index (χ1v) is 13.1. The number of piperidine rings is 1. The Bertz CT molecular complexity index is 1610. The summed E-state index contributed by atoms with van der Waals surface area (Å²) in [7, 11) is 0. The van der Waals surface area contributed by atoms with Crippen molar-refractivity contribution in [2.24, 2.45) is 11.8 Å². The second-order valence-electron chi connectivity index (χ2n) is 10.2. The maximum Gasteiger partial charge on any atom is 0.217 e. The van der Waals surface area contributed by atoms with Crippen molar-refractivity contribution in [3.8, 4) is 28.5 Å². The third kappa shape index (κ3) is 4.48. The summed E-state index contributed by atoms with van der Waals surface area (Å²) < 4.78 is 6.46. The number of hydrogen-bond acceptors (Lipinski definition) is 6. The molecule has 0 saturated carbocycles. The maximum atomic E-state index is 10.4. The molecular weight excluding hydrogens is 470 g/mol. The molecule has 2 atom stereocenters. The van der Waals surface area contributed by atoms with Crippen LogP contribution >= 0.6 is 0 Å². The van der Waals surface area contributed by atoms with Crippen molar-refractivity contribution in [1.82, 2.24) is 9.97 Å². The molecule has 0 aliphatic carbocycles. The Morgan fingerprint density at radius 3 is 2.03 bits per heavy atom. The topological polar surface area (TPSA) is 78.0 Å². The van der Waals surface area contributed by atoms with Gasteiger partial charge < -0.3 is 14.6 Å². The molecule has 6 nitrogen and oxygen atoms in total. The maximum absolute atomic E-state index is 10.4. The molecule has 1 aliphatic heterocycles. The zero-order valence-electron chi connectivity index (χ0n) is 21.6. The molecule has 0 radical (unpaired) electrons. The Hall–Kier alpha value is -4.63. The molecule has 0 spiro atoms. The van der Waals surface area contributed by atoms with E-state index in [0.29, 0.717) is 34.9 Å². The molecule has 5 aromatic rings. The summed E-state index contributed by atoms with van der Waals surface area (Å²) in [6, 6.07) is 30.1. The third-order valence-corrected chi connectivity index (χ3v) is 7.07. The number of nitrogens with zero attached hydrogens (tertiary/aromatic N) is 4. The predicted molar refractivity (Wildman–Crippen MR) is 152 cm³/mol. The van der Waals surface area contributed by atoms with Gasteiger partial charge in [0.1, 0.15) is 17.4 Å². The van der Waals surface area contributed by atoms with E-state index in [4.69, 9.17) is 14.4 Å². The molecule has 6 rings (SSSR count). The van der Waals surface area contributed by atoms with Gasteiger partial charge in [0.15, 0.2) is 11.6 Å². The van der Waals surface area contributed by atoms with Crippen molar-refractivity contribution in [3.63, 3.8) is 0 Å². The lowest BCUT2D eigenvalue weighted by molar-refractivity contribution is 0.355. The highest BCUT2D eigenvalue weighted by molar-refractivity contribution is 5.90. The lowest BCUT2D eigenvalue weighted by Crippen LogP contribution is -2.39. The van der Waals surface area contributed by atoms with E-state index in [1.165, 1.54) is 6.42 Å². The van der Waals surface area contributed by atoms with Gasteiger partial charge in [-0.05, 0) is 36.0 Å². The van der Waals surface area contributed by atoms with Gasteiger partial charge in [-0.25, -0.2) is 9.97 Å². The standard InChI is InChI=1S/C32H29N5O/c1-21-17-22(2)20-37(19-21)31-30(34-26-15-9-10-16-27(26)35-31)36-32-25(18-33)28(23-11-5-3-6-12-23)29(38-32)24-13-7-4-8-14-24/h3-16,21-22H,17,19-20H2,1-2H3,(H,34,36). The van der Waals surface area contributed by atoms with Crippen LogP contribution in [0, 0.1) is 23.2 Å². The van der Waals surface area contributed by atoms with E-state index < -0.39 is 0 Å². The zero-order chi connectivity index (χ0) is 26.1. The van der Waals surface area contributed by atoms with Crippen molar-refractivity contribution in [2.45, 2.75) is 20.3 Å². The minimum absolute atomic E-state index is 0.370. The number of aromatic nitrogens is 2. The molecule has 3 heterocycles. The monoisotopic (exact) mass is 499 g/mol. The number of rotatable bonds is 5. The smallest absolute Gasteiger partial charge is 0.217 e. The number of hydrogen-bond donors (Lipinski definition) is 1. The number of anilines is 3. The number of nitriles is 1. The van der Waals surface area contributed by atoms with Gasteiger partial charge in [0.25, 0.3) is 0 Å². The Balaban J connectivity index is 1.52. The van der Waals surface area contributed by atoms with E-state index in [1.54, 1.807) is 0 Å². The molecule has 0 bridgehead atoms. The van der Waals surface area contributed by atoms with Crippen molar-refractivity contribution in [3.05, 3.63) is 90.5 Å². The number of nitrogens with one attached hydrogen (secondary N) is 1. The summed E-state index contributed by atoms with van der Waals surface area (Å²) in [6.07, 6.45) is 1.19. The van der Waals surface area contributed by atoms with E-state index in [1.807, 2.05) is 84.9 Å². The molecular formula is C32H29N5O. The summed E-state index contributed by atoms with van der Waals surface area (Å²) >= 11 is 0. The molecule has 0 amide bonds. The van der Waals surface area contributed by atoms with Crippen LogP contribution in [0.2, 0.25) is 0 Å². The fourth-order valence-electron chi connectivity index (χ4n) is 5.54. The van der Waals surface area contributed by atoms with Crippen LogP contribution in [-0.4, -0.2) is 23.1 Å². The van der Waals surface area contributed by atoms with Crippen LogP contribution in [-0.2, 0) is 0 Å². The first-order valence-electron chi connectivity index (χ1n) is 13.1. The summed E-state index contributed by atoms with van der Waals surface area (Å²) in [6.45, 7) is 6.37. The van der Waals surface area contributed by atoms with Gasteiger partial charge in [-0.3, -0.25) is 0 Å². The molecule has 1 saturated heterocycles. The molecule has 188 valence electrons. The van der Waals surface area contributed by atoms with E-state index in [0.717, 1.165) is 46.6 Å². The van der Waals surface area contributed by atoms with Gasteiger partial charge in [0, 0.05) is 24.2 Å². The van der Waals surface area contributed by atoms with E-state index >= 15 is 0 Å². The summed E-state index contributed by atoms with van der Waals surface area (Å²) in [4.78, 5) is 12.3. The first-order chi connectivity index (χ1) is 18.6. The van der Waals surface area contributed by atoms with E-state index in [9.17, 15) is 5.26 Å².